The second-order valence-electron chi connectivity index (χ2n) is 4.16. The van der Waals surface area contributed by atoms with E-state index in [2.05, 4.69) is 5.32 Å². The number of ketones is 1. The highest BCUT2D eigenvalue weighted by atomic mass is 19.4. The van der Waals surface area contributed by atoms with E-state index in [-0.39, 0.29) is 11.3 Å². The monoisotopic (exact) mass is 243 g/mol. The molecule has 1 N–H and O–H groups in total. The Balaban J connectivity index is 2.56. The molecule has 0 atom stereocenters. The number of benzene rings is 1. The molecule has 0 unspecified atom stereocenters. The number of hydrogen-bond acceptors (Lipinski definition) is 2. The summed E-state index contributed by atoms with van der Waals surface area (Å²) in [5.74, 6) is -0.0955. The highest BCUT2D eigenvalue weighted by molar-refractivity contribution is 6.02. The van der Waals surface area contributed by atoms with Crippen molar-refractivity contribution in [3.63, 3.8) is 0 Å². The number of carbonyl (C=O) groups is 1. The maximum absolute atomic E-state index is 12.7. The topological polar surface area (TPSA) is 29.1 Å². The van der Waals surface area contributed by atoms with Gasteiger partial charge in [0.1, 0.15) is 0 Å². The molecule has 5 heteroatoms. The van der Waals surface area contributed by atoms with Gasteiger partial charge in [-0.25, -0.2) is 0 Å². The molecule has 0 amide bonds. The molecule has 1 aliphatic rings. The lowest BCUT2D eigenvalue weighted by atomic mass is 9.99. The number of anilines is 1. The summed E-state index contributed by atoms with van der Waals surface area (Å²) in [5.41, 5.74) is 0.0742. The van der Waals surface area contributed by atoms with Crippen molar-refractivity contribution in [2.24, 2.45) is 0 Å². The van der Waals surface area contributed by atoms with E-state index in [0.717, 1.165) is 6.07 Å². The molecular weight excluding hydrogens is 231 g/mol. The standard InChI is InChI=1S/C12H12F3NO/c1-7-5-8-10(6-9(7)12(13,14)15)16-4-2-3-11(8)17/h5-6,16H,2-4H2,1H3. The van der Waals surface area contributed by atoms with Crippen LogP contribution in [0.2, 0.25) is 0 Å². The van der Waals surface area contributed by atoms with Crippen molar-refractivity contribution in [1.82, 2.24) is 0 Å². The first-order chi connectivity index (χ1) is 7.89. The summed E-state index contributed by atoms with van der Waals surface area (Å²) in [4.78, 5) is 11.7. The number of aryl methyl sites for hydroxylation is 1. The maximum Gasteiger partial charge on any atom is 0.416 e. The van der Waals surface area contributed by atoms with Crippen molar-refractivity contribution >= 4 is 11.5 Å². The van der Waals surface area contributed by atoms with Crippen molar-refractivity contribution in [2.75, 3.05) is 11.9 Å². The largest absolute Gasteiger partial charge is 0.416 e. The number of hydrogen-bond donors (Lipinski definition) is 1. The third-order valence-corrected chi connectivity index (χ3v) is 2.87. The number of nitrogens with one attached hydrogen (secondary N) is 1. The lowest BCUT2D eigenvalue weighted by Gasteiger charge is -2.14. The lowest BCUT2D eigenvalue weighted by Crippen LogP contribution is -2.11. The van der Waals surface area contributed by atoms with Gasteiger partial charge in [-0.3, -0.25) is 4.79 Å². The maximum atomic E-state index is 12.7. The highest BCUT2D eigenvalue weighted by Gasteiger charge is 2.33. The van der Waals surface area contributed by atoms with Gasteiger partial charge < -0.3 is 5.32 Å². The normalized spacial score (nSPS) is 16.1. The molecule has 2 nitrogen and oxygen atoms in total. The van der Waals surface area contributed by atoms with Gasteiger partial charge >= 0.3 is 6.18 Å². The summed E-state index contributed by atoms with van der Waals surface area (Å²) < 4.78 is 38.1. The second-order valence-corrected chi connectivity index (χ2v) is 4.16. The van der Waals surface area contributed by atoms with Crippen LogP contribution < -0.4 is 5.32 Å². The van der Waals surface area contributed by atoms with E-state index in [9.17, 15) is 18.0 Å². The SMILES string of the molecule is Cc1cc2c(cc1C(F)(F)F)NCCCC2=O. The molecule has 2 rings (SSSR count). The predicted octanol–water partition coefficient (Wildman–Crippen LogP) is 3.40. The third kappa shape index (κ3) is 2.28. The van der Waals surface area contributed by atoms with E-state index in [1.165, 1.54) is 13.0 Å². The van der Waals surface area contributed by atoms with Crippen LogP contribution in [-0.2, 0) is 6.18 Å². The van der Waals surface area contributed by atoms with Crippen LogP contribution in [0.1, 0.15) is 34.3 Å². The van der Waals surface area contributed by atoms with Gasteiger partial charge in [-0.05, 0) is 31.0 Å². The summed E-state index contributed by atoms with van der Waals surface area (Å²) in [7, 11) is 0. The zero-order valence-corrected chi connectivity index (χ0v) is 9.32. The van der Waals surface area contributed by atoms with Gasteiger partial charge in [0, 0.05) is 24.2 Å². The fourth-order valence-electron chi connectivity index (χ4n) is 2.00. The van der Waals surface area contributed by atoms with Gasteiger partial charge in [0.15, 0.2) is 5.78 Å². The molecule has 1 aromatic rings. The minimum Gasteiger partial charge on any atom is -0.384 e. The van der Waals surface area contributed by atoms with Crippen LogP contribution in [0.5, 0.6) is 0 Å². The molecule has 0 saturated carbocycles. The van der Waals surface area contributed by atoms with Crippen LogP contribution >= 0.6 is 0 Å². The highest BCUT2D eigenvalue weighted by Crippen LogP contribution is 2.36. The molecule has 0 bridgehead atoms. The Morgan fingerprint density at radius 2 is 2.00 bits per heavy atom. The molecule has 92 valence electrons. The lowest BCUT2D eigenvalue weighted by molar-refractivity contribution is -0.138. The van der Waals surface area contributed by atoms with Crippen molar-refractivity contribution < 1.29 is 18.0 Å². The first kappa shape index (κ1) is 12.0. The number of alkyl halides is 3. The number of halogens is 3. The summed E-state index contributed by atoms with van der Waals surface area (Å²) >= 11 is 0. The average Bonchev–Trinajstić information content (AvgIpc) is 2.39. The summed E-state index contributed by atoms with van der Waals surface area (Å²) in [6, 6.07) is 2.37. The predicted molar refractivity (Wildman–Crippen MR) is 58.2 cm³/mol. The van der Waals surface area contributed by atoms with Gasteiger partial charge in [-0.2, -0.15) is 13.2 Å². The molecule has 17 heavy (non-hydrogen) atoms. The second kappa shape index (κ2) is 4.05. The van der Waals surface area contributed by atoms with Crippen molar-refractivity contribution in [3.05, 3.63) is 28.8 Å². The van der Waals surface area contributed by atoms with E-state index in [1.807, 2.05) is 0 Å². The fraction of sp³-hybridized carbons (Fsp3) is 0.417. The van der Waals surface area contributed by atoms with Crippen LogP contribution in [0.25, 0.3) is 0 Å². The number of fused-ring (bicyclic) bond motifs is 1. The first-order valence-electron chi connectivity index (χ1n) is 5.38. The smallest absolute Gasteiger partial charge is 0.384 e. The molecule has 0 radical (unpaired) electrons. The molecule has 1 heterocycles. The Hall–Kier alpha value is -1.52. The summed E-state index contributed by atoms with van der Waals surface area (Å²) in [6.45, 7) is 1.90. The minimum atomic E-state index is -4.38. The summed E-state index contributed by atoms with van der Waals surface area (Å²) in [6.07, 6.45) is -3.35. The Morgan fingerprint density at radius 1 is 1.29 bits per heavy atom. The van der Waals surface area contributed by atoms with Crippen LogP contribution in [0.4, 0.5) is 18.9 Å². The van der Waals surface area contributed by atoms with Crippen molar-refractivity contribution in [3.8, 4) is 0 Å². The molecule has 1 aromatic carbocycles. The molecule has 0 spiro atoms. The van der Waals surface area contributed by atoms with Crippen LogP contribution in [0.3, 0.4) is 0 Å². The van der Waals surface area contributed by atoms with Gasteiger partial charge in [0.2, 0.25) is 0 Å². The third-order valence-electron chi connectivity index (χ3n) is 2.87. The number of carbonyl (C=O) groups excluding carboxylic acids is 1. The first-order valence-corrected chi connectivity index (χ1v) is 5.38. The Labute approximate surface area is 96.8 Å². The Kier molecular flexibility index (Phi) is 2.85. The minimum absolute atomic E-state index is 0.0910. The quantitative estimate of drug-likeness (QED) is 0.756. The molecule has 0 fully saturated rings. The van der Waals surface area contributed by atoms with E-state index in [1.54, 1.807) is 0 Å². The van der Waals surface area contributed by atoms with E-state index in [0.29, 0.717) is 30.6 Å². The van der Waals surface area contributed by atoms with Crippen LogP contribution in [0, 0.1) is 6.92 Å². The van der Waals surface area contributed by atoms with E-state index < -0.39 is 11.7 Å². The Bertz CT molecular complexity index is 466. The number of rotatable bonds is 0. The zero-order valence-electron chi connectivity index (χ0n) is 9.32. The van der Waals surface area contributed by atoms with Gasteiger partial charge in [0.25, 0.3) is 0 Å². The molecular formula is C12H12F3NO. The zero-order chi connectivity index (χ0) is 12.6. The van der Waals surface area contributed by atoms with Crippen LogP contribution in [-0.4, -0.2) is 12.3 Å². The average molecular weight is 243 g/mol. The van der Waals surface area contributed by atoms with Crippen molar-refractivity contribution in [2.45, 2.75) is 25.9 Å². The molecule has 1 aliphatic heterocycles. The van der Waals surface area contributed by atoms with Crippen molar-refractivity contribution in [1.29, 1.82) is 0 Å². The van der Waals surface area contributed by atoms with E-state index >= 15 is 0 Å². The fourth-order valence-corrected chi connectivity index (χ4v) is 2.00. The van der Waals surface area contributed by atoms with Crippen LogP contribution in [0.15, 0.2) is 12.1 Å². The number of Topliss-reactive ketones (excluding diaryl/α,β-unsaturated/α-hetero) is 1. The molecule has 0 saturated heterocycles. The van der Waals surface area contributed by atoms with E-state index in [4.69, 9.17) is 0 Å². The summed E-state index contributed by atoms with van der Waals surface area (Å²) in [5, 5.41) is 2.87. The molecule has 0 aliphatic carbocycles. The Morgan fingerprint density at radius 3 is 2.65 bits per heavy atom. The molecule has 0 aromatic heterocycles. The van der Waals surface area contributed by atoms with Gasteiger partial charge in [-0.15, -0.1) is 0 Å². The van der Waals surface area contributed by atoms with Gasteiger partial charge in [-0.1, -0.05) is 0 Å². The van der Waals surface area contributed by atoms with Gasteiger partial charge in [0.05, 0.1) is 5.56 Å².